The number of aryl methyl sites for hydroxylation is 1. The van der Waals surface area contributed by atoms with Gasteiger partial charge in [0.15, 0.2) is 22.8 Å². The summed E-state index contributed by atoms with van der Waals surface area (Å²) in [6, 6.07) is 13.4. The largest absolute Gasteiger partial charge is 0.486 e. The van der Waals surface area contributed by atoms with E-state index >= 15 is 0 Å². The number of ether oxygens (including phenoxy) is 2. The minimum absolute atomic E-state index is 0.105. The first kappa shape index (κ1) is 19.7. The van der Waals surface area contributed by atoms with E-state index in [4.69, 9.17) is 24.4 Å². The third kappa shape index (κ3) is 3.21. The molecule has 0 aliphatic carbocycles. The van der Waals surface area contributed by atoms with Crippen LogP contribution in [0.2, 0.25) is 0 Å². The lowest BCUT2D eigenvalue weighted by Gasteiger charge is -2.19. The normalized spacial score (nSPS) is 13.4. The fraction of sp³-hybridized carbons (Fsp3) is 0.280. The van der Waals surface area contributed by atoms with Gasteiger partial charge in [-0.05, 0) is 36.6 Å². The molecule has 0 unspecified atom stereocenters. The van der Waals surface area contributed by atoms with Crippen LogP contribution in [0.1, 0.15) is 20.3 Å². The Morgan fingerprint density at radius 3 is 2.52 bits per heavy atom. The van der Waals surface area contributed by atoms with Crippen LogP contribution in [0.15, 0.2) is 53.6 Å². The van der Waals surface area contributed by atoms with E-state index in [2.05, 4.69) is 13.8 Å². The predicted molar refractivity (Wildman–Crippen MR) is 126 cm³/mol. The Kier molecular flexibility index (Phi) is 4.53. The first-order chi connectivity index (χ1) is 16.1. The first-order valence-electron chi connectivity index (χ1n) is 11.2. The molecule has 0 radical (unpaired) electrons. The lowest BCUT2D eigenvalue weighted by Crippen LogP contribution is -2.21. The van der Waals surface area contributed by atoms with Crippen molar-refractivity contribution in [3.63, 3.8) is 0 Å². The van der Waals surface area contributed by atoms with Gasteiger partial charge in [0.2, 0.25) is 0 Å². The van der Waals surface area contributed by atoms with E-state index in [9.17, 15) is 4.79 Å². The molecule has 0 saturated heterocycles. The number of hydrogen-bond acceptors (Lipinski definition) is 6. The summed E-state index contributed by atoms with van der Waals surface area (Å²) >= 11 is 0. The minimum Gasteiger partial charge on any atom is -0.486 e. The highest BCUT2D eigenvalue weighted by Crippen LogP contribution is 2.35. The van der Waals surface area contributed by atoms with E-state index in [-0.39, 0.29) is 5.56 Å². The molecule has 4 heterocycles. The average molecular weight is 441 g/mol. The molecule has 0 bridgehead atoms. The van der Waals surface area contributed by atoms with E-state index in [0.29, 0.717) is 59.4 Å². The van der Waals surface area contributed by atoms with Crippen LogP contribution in [-0.2, 0) is 6.54 Å². The standard InChI is InChI=1S/C25H23N5O3/c1-15(2)9-10-29-14-26-23-21(25(29)31)22-24(28-18-6-4-3-5-17(18)27-22)30(23)16-7-8-19-20(13-16)33-12-11-32-19/h3-8,13-15H,9-12H2,1-2H3. The van der Waals surface area contributed by atoms with Crippen LogP contribution in [0.5, 0.6) is 11.5 Å². The Balaban J connectivity index is 1.67. The van der Waals surface area contributed by atoms with E-state index in [0.717, 1.165) is 23.1 Å². The predicted octanol–water partition coefficient (Wildman–Crippen LogP) is 4.10. The monoisotopic (exact) mass is 441 g/mol. The molecular weight excluding hydrogens is 418 g/mol. The molecule has 0 saturated carbocycles. The topological polar surface area (TPSA) is 84.1 Å². The highest BCUT2D eigenvalue weighted by molar-refractivity contribution is 6.05. The van der Waals surface area contributed by atoms with Crippen molar-refractivity contribution >= 4 is 33.2 Å². The van der Waals surface area contributed by atoms with Crippen LogP contribution in [0.4, 0.5) is 0 Å². The summed E-state index contributed by atoms with van der Waals surface area (Å²) in [7, 11) is 0. The van der Waals surface area contributed by atoms with Gasteiger partial charge in [0.1, 0.15) is 24.1 Å². The van der Waals surface area contributed by atoms with Crippen molar-refractivity contribution in [1.82, 2.24) is 24.1 Å². The summed E-state index contributed by atoms with van der Waals surface area (Å²) < 4.78 is 15.0. The third-order valence-corrected chi connectivity index (χ3v) is 5.96. The van der Waals surface area contributed by atoms with Gasteiger partial charge in [-0.15, -0.1) is 0 Å². The van der Waals surface area contributed by atoms with Crippen molar-refractivity contribution in [3.05, 3.63) is 59.1 Å². The molecule has 5 aromatic rings. The number of hydrogen-bond donors (Lipinski definition) is 0. The van der Waals surface area contributed by atoms with Crippen molar-refractivity contribution in [2.75, 3.05) is 13.2 Å². The molecule has 0 atom stereocenters. The second-order valence-corrected chi connectivity index (χ2v) is 8.67. The van der Waals surface area contributed by atoms with Crippen LogP contribution in [-0.4, -0.2) is 37.3 Å². The number of para-hydroxylation sites is 2. The molecule has 0 fully saturated rings. The number of benzene rings is 2. The highest BCUT2D eigenvalue weighted by Gasteiger charge is 2.22. The maximum Gasteiger partial charge on any atom is 0.265 e. The molecule has 3 aromatic heterocycles. The summed E-state index contributed by atoms with van der Waals surface area (Å²) in [6.07, 6.45) is 2.52. The molecule has 8 heteroatoms. The van der Waals surface area contributed by atoms with Crippen LogP contribution >= 0.6 is 0 Å². The molecule has 0 spiro atoms. The molecule has 1 aliphatic rings. The van der Waals surface area contributed by atoms with Gasteiger partial charge < -0.3 is 9.47 Å². The van der Waals surface area contributed by atoms with E-state index in [1.165, 1.54) is 0 Å². The first-order valence-corrected chi connectivity index (χ1v) is 11.2. The number of rotatable bonds is 4. The highest BCUT2D eigenvalue weighted by atomic mass is 16.6. The van der Waals surface area contributed by atoms with Crippen molar-refractivity contribution in [2.24, 2.45) is 5.92 Å². The molecule has 8 nitrogen and oxygen atoms in total. The van der Waals surface area contributed by atoms with Crippen LogP contribution < -0.4 is 15.0 Å². The van der Waals surface area contributed by atoms with Gasteiger partial charge in [0.05, 0.1) is 23.0 Å². The summed E-state index contributed by atoms with van der Waals surface area (Å²) in [5, 5.41) is 0.476. The Hall–Kier alpha value is -3.94. The molecule has 2 aromatic carbocycles. The van der Waals surface area contributed by atoms with Crippen molar-refractivity contribution in [1.29, 1.82) is 0 Å². The van der Waals surface area contributed by atoms with Gasteiger partial charge in [-0.3, -0.25) is 13.9 Å². The molecular formula is C25H23N5O3. The fourth-order valence-corrected chi connectivity index (χ4v) is 4.24. The quantitative estimate of drug-likeness (QED) is 0.418. The minimum atomic E-state index is -0.105. The van der Waals surface area contributed by atoms with Crippen LogP contribution in [0.3, 0.4) is 0 Å². The summed E-state index contributed by atoms with van der Waals surface area (Å²) in [6.45, 7) is 5.91. The van der Waals surface area contributed by atoms with Crippen LogP contribution in [0.25, 0.3) is 38.9 Å². The zero-order valence-corrected chi connectivity index (χ0v) is 18.5. The zero-order valence-electron chi connectivity index (χ0n) is 18.5. The Morgan fingerprint density at radius 1 is 0.970 bits per heavy atom. The van der Waals surface area contributed by atoms with Gasteiger partial charge in [-0.1, -0.05) is 26.0 Å². The smallest absolute Gasteiger partial charge is 0.265 e. The summed E-state index contributed by atoms with van der Waals surface area (Å²) in [5.74, 6) is 1.84. The molecule has 1 aliphatic heterocycles. The molecule has 0 amide bonds. The number of nitrogens with zero attached hydrogens (tertiary/aromatic N) is 5. The Bertz CT molecular complexity index is 1580. The van der Waals surface area contributed by atoms with Gasteiger partial charge in [0, 0.05) is 12.6 Å². The van der Waals surface area contributed by atoms with Gasteiger partial charge in [-0.2, -0.15) is 0 Å². The summed E-state index contributed by atoms with van der Waals surface area (Å²) in [5.41, 5.74) is 3.85. The molecule has 166 valence electrons. The lowest BCUT2D eigenvalue weighted by molar-refractivity contribution is 0.171. The lowest BCUT2D eigenvalue weighted by atomic mass is 10.1. The molecule has 33 heavy (non-hydrogen) atoms. The molecule has 6 rings (SSSR count). The maximum absolute atomic E-state index is 13.6. The van der Waals surface area contributed by atoms with E-state index in [1.807, 2.05) is 47.0 Å². The van der Waals surface area contributed by atoms with Crippen LogP contribution in [0, 0.1) is 5.92 Å². The van der Waals surface area contributed by atoms with Gasteiger partial charge in [0.25, 0.3) is 5.56 Å². The van der Waals surface area contributed by atoms with Gasteiger partial charge in [-0.25, -0.2) is 15.0 Å². The fourth-order valence-electron chi connectivity index (χ4n) is 4.24. The molecule has 0 N–H and O–H groups in total. The SMILES string of the molecule is CC(C)CCn1cnc2c(c1=O)c1nc3ccccc3nc1n2-c1ccc2c(c1)OCCO2. The van der Waals surface area contributed by atoms with E-state index < -0.39 is 0 Å². The van der Waals surface area contributed by atoms with Gasteiger partial charge >= 0.3 is 0 Å². The Morgan fingerprint density at radius 2 is 1.73 bits per heavy atom. The van der Waals surface area contributed by atoms with Crippen molar-refractivity contribution < 1.29 is 9.47 Å². The van der Waals surface area contributed by atoms with E-state index in [1.54, 1.807) is 10.9 Å². The van der Waals surface area contributed by atoms with Crippen molar-refractivity contribution in [2.45, 2.75) is 26.8 Å². The van der Waals surface area contributed by atoms with Crippen molar-refractivity contribution in [3.8, 4) is 17.2 Å². The Labute approximate surface area is 189 Å². The third-order valence-electron chi connectivity index (χ3n) is 5.96. The second kappa shape index (κ2) is 7.58. The average Bonchev–Trinajstić information content (AvgIpc) is 3.15. The zero-order chi connectivity index (χ0) is 22.5. The maximum atomic E-state index is 13.6. The number of aromatic nitrogens is 5. The summed E-state index contributed by atoms with van der Waals surface area (Å²) in [4.78, 5) is 28.0. The second-order valence-electron chi connectivity index (χ2n) is 8.67. The number of fused-ring (bicyclic) bond motifs is 5.